The highest BCUT2D eigenvalue weighted by Gasteiger charge is 2.61. The number of carboxylic acid groups (broad SMARTS) is 1. The number of aromatic nitrogens is 2. The third-order valence-electron chi connectivity index (χ3n) is 9.79. The number of pyridine rings is 1. The molecule has 0 bridgehead atoms. The Kier molecular flexibility index (Phi) is 7.75. The maximum atomic E-state index is 13.8. The van der Waals surface area contributed by atoms with Gasteiger partial charge in [0.1, 0.15) is 28.1 Å². The van der Waals surface area contributed by atoms with E-state index in [0.29, 0.717) is 42.6 Å². The second-order valence-electron chi connectivity index (χ2n) is 12.9. The van der Waals surface area contributed by atoms with E-state index in [1.807, 2.05) is 36.4 Å². The van der Waals surface area contributed by atoms with E-state index >= 15 is 0 Å². The molecule has 3 aromatic rings. The van der Waals surface area contributed by atoms with Gasteiger partial charge in [0.2, 0.25) is 17.7 Å². The molecule has 0 spiro atoms. The fraction of sp³-hybridized carbons (Fsp3) is 0.500. The molecule has 0 unspecified atom stereocenters. The van der Waals surface area contributed by atoms with Crippen LogP contribution in [0.3, 0.4) is 0 Å². The van der Waals surface area contributed by atoms with Crippen LogP contribution >= 0.6 is 11.3 Å². The number of carbonyl (C=O) groups is 3. The van der Waals surface area contributed by atoms with Crippen LogP contribution < -0.4 is 14.8 Å². The molecule has 1 aliphatic heterocycles. The molecule has 3 saturated carbocycles. The molecule has 2 N–H and O–H groups in total. The van der Waals surface area contributed by atoms with Gasteiger partial charge in [0, 0.05) is 36.2 Å². The number of carboxylic acids is 1. The molecular weight excluding hydrogens is 592 g/mol. The lowest BCUT2D eigenvalue weighted by molar-refractivity contribution is -0.145. The lowest BCUT2D eigenvalue weighted by atomic mass is 9.93. The summed E-state index contributed by atoms with van der Waals surface area (Å²) in [6, 6.07) is 7.69. The minimum Gasteiger partial charge on any atom is -0.497 e. The summed E-state index contributed by atoms with van der Waals surface area (Å²) >= 11 is 1.56. The number of thiazole rings is 1. The largest absolute Gasteiger partial charge is 0.497 e. The van der Waals surface area contributed by atoms with Gasteiger partial charge in [0.05, 0.1) is 24.6 Å². The Morgan fingerprint density at radius 1 is 1.13 bits per heavy atom. The van der Waals surface area contributed by atoms with E-state index in [0.717, 1.165) is 53.6 Å². The number of nitrogens with one attached hydrogen (secondary N) is 1. The average molecular weight is 631 g/mol. The van der Waals surface area contributed by atoms with Crippen molar-refractivity contribution in [1.29, 1.82) is 0 Å². The van der Waals surface area contributed by atoms with Crippen LogP contribution in [0.15, 0.2) is 41.8 Å². The normalized spacial score (nSPS) is 29.3. The zero-order valence-electron chi connectivity index (χ0n) is 25.5. The lowest BCUT2D eigenvalue weighted by Crippen LogP contribution is -2.49. The molecule has 5 atom stereocenters. The molecule has 1 aromatic carbocycles. The number of hydrogen-bond donors (Lipinski definition) is 2. The Bertz CT molecular complexity index is 1680. The summed E-state index contributed by atoms with van der Waals surface area (Å²) in [5.74, 6) is -1.51. The molecule has 0 saturated heterocycles. The van der Waals surface area contributed by atoms with Gasteiger partial charge in [-0.1, -0.05) is 12.2 Å². The maximum absolute atomic E-state index is 13.8. The highest BCUT2D eigenvalue weighted by molar-refractivity contribution is 7.13. The fourth-order valence-corrected chi connectivity index (χ4v) is 7.71. The summed E-state index contributed by atoms with van der Waals surface area (Å²) in [6.45, 7) is 0.595. The van der Waals surface area contributed by atoms with Crippen molar-refractivity contribution >= 4 is 39.9 Å². The van der Waals surface area contributed by atoms with Gasteiger partial charge in [-0.2, -0.15) is 0 Å². The number of hydrogen-bond acceptors (Lipinski definition) is 8. The van der Waals surface area contributed by atoms with Gasteiger partial charge in [-0.15, -0.1) is 11.3 Å². The highest BCUT2D eigenvalue weighted by atomic mass is 32.1. The van der Waals surface area contributed by atoms with Gasteiger partial charge in [-0.05, 0) is 81.0 Å². The van der Waals surface area contributed by atoms with Crippen LogP contribution in [0.4, 0.5) is 0 Å². The van der Waals surface area contributed by atoms with Crippen LogP contribution in [-0.4, -0.2) is 70.1 Å². The molecule has 45 heavy (non-hydrogen) atoms. The number of ether oxygens (including phenoxy) is 2. The third kappa shape index (κ3) is 5.78. The molecule has 11 heteroatoms. The van der Waals surface area contributed by atoms with E-state index in [2.05, 4.69) is 10.7 Å². The van der Waals surface area contributed by atoms with Gasteiger partial charge < -0.3 is 24.8 Å². The Morgan fingerprint density at radius 3 is 2.73 bits per heavy atom. The molecule has 10 nitrogen and oxygen atoms in total. The van der Waals surface area contributed by atoms with Crippen LogP contribution in [0.2, 0.25) is 0 Å². The summed E-state index contributed by atoms with van der Waals surface area (Å²) in [7, 11) is 3.40. The maximum Gasteiger partial charge on any atom is 0.330 e. The Hall–Kier alpha value is -3.99. The number of allylic oxidation sites excluding steroid dienone is 1. The van der Waals surface area contributed by atoms with Gasteiger partial charge in [-0.25, -0.2) is 14.8 Å². The van der Waals surface area contributed by atoms with Gasteiger partial charge >= 0.3 is 5.97 Å². The van der Waals surface area contributed by atoms with E-state index in [1.54, 1.807) is 30.4 Å². The molecule has 2 amide bonds. The number of rotatable bonds is 6. The topological polar surface area (TPSA) is 131 Å². The van der Waals surface area contributed by atoms with E-state index in [4.69, 9.17) is 19.4 Å². The Morgan fingerprint density at radius 2 is 1.96 bits per heavy atom. The SMILES string of the molecule is COc1ccc2c(O[C@@H]3C[C@H]4C(=O)N[C@]5(C(=O)O)C[C@H]5/C=C\CCCCN(C)C(=O)[C@@H]4C3)nc(-c3nc(C4CC4)cs3)cc2c1. The van der Waals surface area contributed by atoms with E-state index in [-0.39, 0.29) is 18.2 Å². The van der Waals surface area contributed by atoms with Crippen LogP contribution in [0.1, 0.15) is 63.0 Å². The molecule has 236 valence electrons. The van der Waals surface area contributed by atoms with Crippen LogP contribution in [0.5, 0.6) is 11.6 Å². The Labute approximate surface area is 265 Å². The number of methoxy groups -OCH3 is 1. The first-order valence-electron chi connectivity index (χ1n) is 15.8. The van der Waals surface area contributed by atoms with Crippen molar-refractivity contribution in [3.63, 3.8) is 0 Å². The van der Waals surface area contributed by atoms with Crippen molar-refractivity contribution in [2.45, 2.75) is 68.9 Å². The summed E-state index contributed by atoms with van der Waals surface area (Å²) in [5, 5.41) is 17.5. The van der Waals surface area contributed by atoms with Crippen molar-refractivity contribution in [3.8, 4) is 22.3 Å². The zero-order chi connectivity index (χ0) is 31.3. The zero-order valence-corrected chi connectivity index (χ0v) is 26.3. The second-order valence-corrected chi connectivity index (χ2v) is 13.8. The summed E-state index contributed by atoms with van der Waals surface area (Å²) in [5.41, 5.74) is 0.473. The molecule has 3 fully saturated rings. The molecule has 0 radical (unpaired) electrons. The predicted molar refractivity (Wildman–Crippen MR) is 169 cm³/mol. The number of amides is 2. The summed E-state index contributed by atoms with van der Waals surface area (Å²) in [4.78, 5) is 51.3. The first kappa shape index (κ1) is 29.7. The second kappa shape index (κ2) is 11.7. The molecule has 2 aromatic heterocycles. The van der Waals surface area contributed by atoms with Crippen LogP contribution in [0.25, 0.3) is 21.5 Å². The lowest BCUT2D eigenvalue weighted by Gasteiger charge is -2.26. The minimum absolute atomic E-state index is 0.114. The number of benzene rings is 1. The molecule has 3 aliphatic carbocycles. The van der Waals surface area contributed by atoms with Crippen molar-refractivity contribution in [3.05, 3.63) is 47.5 Å². The van der Waals surface area contributed by atoms with E-state index in [1.165, 1.54) is 0 Å². The molecule has 7 rings (SSSR count). The monoisotopic (exact) mass is 630 g/mol. The van der Waals surface area contributed by atoms with Crippen molar-refractivity contribution in [2.24, 2.45) is 17.8 Å². The van der Waals surface area contributed by atoms with Crippen LogP contribution in [0, 0.1) is 17.8 Å². The smallest absolute Gasteiger partial charge is 0.330 e. The number of aliphatic carboxylic acids is 1. The summed E-state index contributed by atoms with van der Waals surface area (Å²) < 4.78 is 12.1. The van der Waals surface area contributed by atoms with Crippen molar-refractivity contribution < 1.29 is 29.0 Å². The predicted octanol–water partition coefficient (Wildman–Crippen LogP) is 5.18. The number of fused-ring (bicyclic) bond motifs is 3. The quantitative estimate of drug-likeness (QED) is 0.357. The number of carbonyl (C=O) groups excluding carboxylic acids is 2. The van der Waals surface area contributed by atoms with E-state index in [9.17, 15) is 19.5 Å². The fourth-order valence-electron chi connectivity index (χ4n) is 6.85. The van der Waals surface area contributed by atoms with Gasteiger partial charge in [-0.3, -0.25) is 9.59 Å². The third-order valence-corrected chi connectivity index (χ3v) is 10.7. The van der Waals surface area contributed by atoms with Gasteiger partial charge in [0.15, 0.2) is 0 Å². The molecular formula is C34H38N4O6S. The van der Waals surface area contributed by atoms with Gasteiger partial charge in [0.25, 0.3) is 0 Å². The Balaban J connectivity index is 1.20. The number of nitrogens with zero attached hydrogens (tertiary/aromatic N) is 3. The first-order valence-corrected chi connectivity index (χ1v) is 16.7. The van der Waals surface area contributed by atoms with Crippen LogP contribution in [-0.2, 0) is 14.4 Å². The summed E-state index contributed by atoms with van der Waals surface area (Å²) in [6.07, 6.45) is 9.26. The minimum atomic E-state index is -1.33. The van der Waals surface area contributed by atoms with Crippen molar-refractivity contribution in [1.82, 2.24) is 20.2 Å². The molecule has 4 aliphatic rings. The molecule has 3 heterocycles. The van der Waals surface area contributed by atoms with E-state index < -0.39 is 35.4 Å². The first-order chi connectivity index (χ1) is 21.8. The average Bonchev–Trinajstić information content (AvgIpc) is 3.90. The highest BCUT2D eigenvalue weighted by Crippen LogP contribution is 2.47. The standard InChI is InChI=1S/C34H38N4O6S/c1-38-12-6-4-3-5-7-21-17-34(21,33(41)42)37-29(39)25-15-23(16-26(25)32(38)40)44-30-24-11-10-22(43-2)13-20(24)14-27(35-30)31-36-28(18-45-31)19-8-9-19/h5,7,10-11,13-14,18-19,21,23,25-26H,3-4,6,8-9,12,15-17H2,1-2H3,(H,37,39)(H,41,42)/b7-5-/t21-,23-,25-,26-,34-/m1/s1. The van der Waals surface area contributed by atoms with Crippen molar-refractivity contribution in [2.75, 3.05) is 20.7 Å².